The Morgan fingerprint density at radius 1 is 1.00 bits per heavy atom. The topological polar surface area (TPSA) is 80.3 Å². The number of hydrogen-bond acceptors (Lipinski definition) is 5. The van der Waals surface area contributed by atoms with Crippen LogP contribution in [0.2, 0.25) is 0 Å². The first-order chi connectivity index (χ1) is 10.8. The molecule has 0 aliphatic carbocycles. The number of rotatable bonds is 7. The van der Waals surface area contributed by atoms with E-state index in [1.807, 2.05) is 6.07 Å². The Morgan fingerprint density at radius 2 is 1.65 bits per heavy atom. The summed E-state index contributed by atoms with van der Waals surface area (Å²) in [5.74, 6) is -0.103. The fraction of sp³-hybridized carbons (Fsp3) is 0.250. The van der Waals surface area contributed by atoms with Crippen molar-refractivity contribution >= 4 is 32.9 Å². The molecule has 0 aliphatic rings. The molecule has 0 saturated heterocycles. The van der Waals surface area contributed by atoms with Crippen molar-refractivity contribution < 1.29 is 18.0 Å². The van der Waals surface area contributed by atoms with Crippen LogP contribution in [0.1, 0.15) is 38.8 Å². The third-order valence-electron chi connectivity index (χ3n) is 3.24. The lowest BCUT2D eigenvalue weighted by Gasteiger charge is -2.06. The van der Waals surface area contributed by atoms with E-state index in [9.17, 15) is 18.0 Å². The van der Waals surface area contributed by atoms with E-state index in [2.05, 4.69) is 4.72 Å². The number of ketones is 2. The van der Waals surface area contributed by atoms with Gasteiger partial charge in [0.1, 0.15) is 0 Å². The average Bonchev–Trinajstić information content (AvgIpc) is 2.96. The highest BCUT2D eigenvalue weighted by Crippen LogP contribution is 2.17. The Kier molecular flexibility index (Phi) is 5.46. The van der Waals surface area contributed by atoms with E-state index >= 15 is 0 Å². The zero-order valence-electron chi connectivity index (χ0n) is 12.8. The average molecular weight is 351 g/mol. The van der Waals surface area contributed by atoms with Crippen LogP contribution in [0.15, 0.2) is 41.3 Å². The van der Waals surface area contributed by atoms with Crippen molar-refractivity contribution in [3.63, 3.8) is 0 Å². The summed E-state index contributed by atoms with van der Waals surface area (Å²) in [4.78, 5) is 24.2. The first kappa shape index (κ1) is 17.5. The summed E-state index contributed by atoms with van der Waals surface area (Å²) in [5.41, 5.74) is 0.472. The molecule has 0 bridgehead atoms. The van der Waals surface area contributed by atoms with E-state index < -0.39 is 10.0 Å². The molecule has 0 atom stereocenters. The highest BCUT2D eigenvalue weighted by molar-refractivity contribution is 7.89. The number of benzene rings is 1. The van der Waals surface area contributed by atoms with Gasteiger partial charge >= 0.3 is 0 Å². The molecule has 0 spiro atoms. The van der Waals surface area contributed by atoms with Gasteiger partial charge in [0.25, 0.3) is 0 Å². The van der Waals surface area contributed by atoms with Crippen molar-refractivity contribution in [2.75, 3.05) is 6.54 Å². The Bertz CT molecular complexity index is 820. The number of hydrogen-bond donors (Lipinski definition) is 1. The maximum Gasteiger partial charge on any atom is 0.240 e. The van der Waals surface area contributed by atoms with E-state index in [0.717, 1.165) is 4.88 Å². The number of carbonyl (C=O) groups is 2. The molecule has 0 saturated carbocycles. The number of Topliss-reactive ketones (excluding diaryl/α,β-unsaturated/α-hetero) is 2. The van der Waals surface area contributed by atoms with Crippen LogP contribution in [-0.2, 0) is 16.4 Å². The van der Waals surface area contributed by atoms with Gasteiger partial charge in [-0.1, -0.05) is 12.1 Å². The van der Waals surface area contributed by atoms with E-state index in [4.69, 9.17) is 0 Å². The highest BCUT2D eigenvalue weighted by atomic mass is 32.2. The first-order valence-electron chi connectivity index (χ1n) is 7.00. The minimum atomic E-state index is -3.61. The molecule has 1 heterocycles. The second-order valence-corrected chi connectivity index (χ2v) is 7.99. The van der Waals surface area contributed by atoms with E-state index in [1.165, 1.54) is 49.4 Å². The largest absolute Gasteiger partial charge is 0.295 e. The lowest BCUT2D eigenvalue weighted by Crippen LogP contribution is -2.25. The van der Waals surface area contributed by atoms with E-state index in [0.29, 0.717) is 16.9 Å². The highest BCUT2D eigenvalue weighted by Gasteiger charge is 2.14. The van der Waals surface area contributed by atoms with Crippen LogP contribution in [0.25, 0.3) is 0 Å². The Balaban J connectivity index is 1.98. The summed E-state index contributed by atoms with van der Waals surface area (Å²) in [5, 5.41) is 0. The molecule has 122 valence electrons. The fourth-order valence-corrected chi connectivity index (χ4v) is 3.90. The van der Waals surface area contributed by atoms with Crippen molar-refractivity contribution in [2.45, 2.75) is 25.2 Å². The fourth-order valence-electron chi connectivity index (χ4n) is 1.96. The van der Waals surface area contributed by atoms with E-state index in [1.54, 1.807) is 6.07 Å². The molecule has 0 aliphatic heterocycles. The van der Waals surface area contributed by atoms with Gasteiger partial charge in [-0.2, -0.15) is 0 Å². The normalized spacial score (nSPS) is 11.4. The molecule has 2 aromatic rings. The Morgan fingerprint density at radius 3 is 2.17 bits per heavy atom. The summed E-state index contributed by atoms with van der Waals surface area (Å²) in [6.45, 7) is 3.18. The molecule has 1 aromatic heterocycles. The predicted octanol–water partition coefficient (Wildman–Crippen LogP) is 2.67. The van der Waals surface area contributed by atoms with Gasteiger partial charge in [-0.15, -0.1) is 11.3 Å². The molecule has 0 unspecified atom stereocenters. The maximum atomic E-state index is 12.2. The maximum absolute atomic E-state index is 12.2. The minimum absolute atomic E-state index is 0.00684. The van der Waals surface area contributed by atoms with Crippen LogP contribution < -0.4 is 4.72 Å². The number of nitrogens with one attached hydrogen (secondary N) is 1. The van der Waals surface area contributed by atoms with Crippen molar-refractivity contribution in [1.29, 1.82) is 0 Å². The summed E-state index contributed by atoms with van der Waals surface area (Å²) in [7, 11) is -3.61. The molecular formula is C16H17NO4S2. The molecule has 0 radical (unpaired) electrons. The number of sulfonamides is 1. The SMILES string of the molecule is CC(=O)c1ccc(S(=O)(=O)NCCc2ccc(C(C)=O)s2)cc1. The van der Waals surface area contributed by atoms with Gasteiger partial charge in [-0.25, -0.2) is 13.1 Å². The molecule has 1 N–H and O–H groups in total. The van der Waals surface area contributed by atoms with Crippen LogP contribution in [0.4, 0.5) is 0 Å². The van der Waals surface area contributed by atoms with Gasteiger partial charge in [-0.05, 0) is 44.5 Å². The summed E-state index contributed by atoms with van der Waals surface area (Å²) in [6.07, 6.45) is 0.517. The standard InChI is InChI=1S/C16H17NO4S2/c1-11(18)13-3-6-15(7-4-13)23(20,21)17-10-9-14-5-8-16(22-14)12(2)19/h3-8,17H,9-10H2,1-2H3. The second-order valence-electron chi connectivity index (χ2n) is 5.05. The summed E-state index contributed by atoms with van der Waals surface area (Å²) in [6, 6.07) is 9.40. The molecular weight excluding hydrogens is 334 g/mol. The molecule has 2 rings (SSSR count). The molecule has 0 amide bonds. The quantitative estimate of drug-likeness (QED) is 0.778. The second kappa shape index (κ2) is 7.16. The third kappa shape index (κ3) is 4.57. The Hall–Kier alpha value is -1.83. The van der Waals surface area contributed by atoms with Gasteiger partial charge < -0.3 is 0 Å². The number of carbonyl (C=O) groups excluding carboxylic acids is 2. The van der Waals surface area contributed by atoms with Crippen LogP contribution in [0.5, 0.6) is 0 Å². The lowest BCUT2D eigenvalue weighted by atomic mass is 10.2. The minimum Gasteiger partial charge on any atom is -0.295 e. The van der Waals surface area contributed by atoms with Crippen LogP contribution in [-0.4, -0.2) is 26.5 Å². The first-order valence-corrected chi connectivity index (χ1v) is 9.30. The van der Waals surface area contributed by atoms with Crippen molar-refractivity contribution in [3.8, 4) is 0 Å². The predicted molar refractivity (Wildman–Crippen MR) is 89.7 cm³/mol. The lowest BCUT2D eigenvalue weighted by molar-refractivity contribution is 0.101. The van der Waals surface area contributed by atoms with Crippen LogP contribution in [0.3, 0.4) is 0 Å². The van der Waals surface area contributed by atoms with Gasteiger partial charge in [0.15, 0.2) is 11.6 Å². The summed E-state index contributed by atoms with van der Waals surface area (Å²) < 4.78 is 26.9. The van der Waals surface area contributed by atoms with Crippen molar-refractivity contribution in [2.24, 2.45) is 0 Å². The molecule has 7 heteroatoms. The monoisotopic (exact) mass is 351 g/mol. The summed E-state index contributed by atoms with van der Waals surface area (Å²) >= 11 is 1.37. The third-order valence-corrected chi connectivity index (χ3v) is 5.97. The molecule has 5 nitrogen and oxygen atoms in total. The van der Waals surface area contributed by atoms with Gasteiger partial charge in [0, 0.05) is 17.0 Å². The smallest absolute Gasteiger partial charge is 0.240 e. The Labute approximate surface area is 139 Å². The molecule has 23 heavy (non-hydrogen) atoms. The molecule has 1 aromatic carbocycles. The zero-order chi connectivity index (χ0) is 17.0. The molecule has 0 fully saturated rings. The number of thiophene rings is 1. The van der Waals surface area contributed by atoms with Crippen molar-refractivity contribution in [1.82, 2.24) is 4.72 Å². The van der Waals surface area contributed by atoms with Gasteiger partial charge in [0.2, 0.25) is 10.0 Å². The van der Waals surface area contributed by atoms with Crippen LogP contribution in [0, 0.1) is 0 Å². The van der Waals surface area contributed by atoms with Crippen LogP contribution >= 0.6 is 11.3 Å². The van der Waals surface area contributed by atoms with Gasteiger partial charge in [0.05, 0.1) is 9.77 Å². The van der Waals surface area contributed by atoms with E-state index in [-0.39, 0.29) is 23.0 Å². The van der Waals surface area contributed by atoms with Gasteiger partial charge in [-0.3, -0.25) is 9.59 Å². The zero-order valence-corrected chi connectivity index (χ0v) is 14.5. The van der Waals surface area contributed by atoms with Crippen molar-refractivity contribution in [3.05, 3.63) is 51.7 Å².